The molecule has 0 saturated heterocycles. The van der Waals surface area contributed by atoms with Crippen LogP contribution in [-0.4, -0.2) is 16.1 Å². The summed E-state index contributed by atoms with van der Waals surface area (Å²) < 4.78 is 40.4. The lowest BCUT2D eigenvalue weighted by molar-refractivity contribution is -0.137. The van der Waals surface area contributed by atoms with E-state index < -0.39 is 11.7 Å². The van der Waals surface area contributed by atoms with Crippen LogP contribution < -0.4 is 0 Å². The number of carbonyl (C=O) groups excluding carboxylic acids is 2. The topological polar surface area (TPSA) is 39.1 Å². The van der Waals surface area contributed by atoms with Gasteiger partial charge in [0.15, 0.2) is 11.6 Å². The molecule has 3 nitrogen and oxygen atoms in total. The summed E-state index contributed by atoms with van der Waals surface area (Å²) in [5.74, 6) is -0.205. The van der Waals surface area contributed by atoms with Crippen LogP contribution in [0.5, 0.6) is 0 Å². The Bertz CT molecular complexity index is 1190. The molecule has 166 valence electrons. The molecule has 4 rings (SSSR count). The Hall–Kier alpha value is -3.93. The van der Waals surface area contributed by atoms with Gasteiger partial charge in [-0.25, -0.2) is 0 Å². The largest absolute Gasteiger partial charge is 0.416 e. The lowest BCUT2D eigenvalue weighted by atomic mass is 9.98. The van der Waals surface area contributed by atoms with Gasteiger partial charge < -0.3 is 4.57 Å². The van der Waals surface area contributed by atoms with Crippen molar-refractivity contribution in [1.82, 2.24) is 4.57 Å². The van der Waals surface area contributed by atoms with Crippen LogP contribution in [-0.2, 0) is 19.0 Å². The summed E-state index contributed by atoms with van der Waals surface area (Å²) in [6.45, 7) is 0. The highest BCUT2D eigenvalue weighted by atomic mass is 19.4. The Morgan fingerprint density at radius 1 is 0.636 bits per heavy atom. The van der Waals surface area contributed by atoms with Gasteiger partial charge in [0.05, 0.1) is 5.56 Å². The number of ketones is 2. The van der Waals surface area contributed by atoms with Gasteiger partial charge in [0.2, 0.25) is 0 Å². The molecule has 0 amide bonds. The molecule has 0 unspecified atom stereocenters. The Balaban J connectivity index is 1.66. The van der Waals surface area contributed by atoms with Crippen LogP contribution in [0.3, 0.4) is 0 Å². The van der Waals surface area contributed by atoms with Gasteiger partial charge in [0.25, 0.3) is 0 Å². The maximum atomic E-state index is 12.9. The highest BCUT2D eigenvalue weighted by Crippen LogP contribution is 2.30. The lowest BCUT2D eigenvalue weighted by Gasteiger charge is -2.08. The number of carbonyl (C=O) groups is 2. The van der Waals surface area contributed by atoms with Gasteiger partial charge in [-0.05, 0) is 35.4 Å². The standard InChI is InChI=1S/C27H20F3NO2/c28-27(29,30)23-11-13-24(14-12-23)31-17-21(15-25(32)19-7-3-1-4-8-19)22(18-31)16-26(33)20-9-5-2-6-10-20/h1-14,17-18H,15-16H2. The first-order valence-corrected chi connectivity index (χ1v) is 10.3. The van der Waals surface area contributed by atoms with E-state index in [0.717, 1.165) is 12.1 Å². The smallest absolute Gasteiger partial charge is 0.323 e. The predicted octanol–water partition coefficient (Wildman–Crippen LogP) is 6.35. The van der Waals surface area contributed by atoms with Gasteiger partial charge in [-0.2, -0.15) is 13.2 Å². The highest BCUT2D eigenvalue weighted by Gasteiger charge is 2.30. The molecule has 0 aliphatic rings. The second kappa shape index (κ2) is 9.28. The van der Waals surface area contributed by atoms with E-state index in [9.17, 15) is 22.8 Å². The quantitative estimate of drug-likeness (QED) is 0.310. The fraction of sp³-hybridized carbons (Fsp3) is 0.111. The second-order valence-electron chi connectivity index (χ2n) is 7.69. The van der Waals surface area contributed by atoms with E-state index in [0.29, 0.717) is 27.9 Å². The number of rotatable bonds is 7. The molecule has 3 aromatic carbocycles. The molecular weight excluding hydrogens is 427 g/mol. The molecule has 1 aromatic heterocycles. The van der Waals surface area contributed by atoms with Gasteiger partial charge in [0.1, 0.15) is 0 Å². The van der Waals surface area contributed by atoms with E-state index in [1.54, 1.807) is 65.5 Å². The highest BCUT2D eigenvalue weighted by molar-refractivity contribution is 5.99. The fourth-order valence-corrected chi connectivity index (χ4v) is 3.63. The first-order chi connectivity index (χ1) is 15.8. The van der Waals surface area contributed by atoms with Crippen molar-refractivity contribution in [2.45, 2.75) is 19.0 Å². The zero-order valence-corrected chi connectivity index (χ0v) is 17.5. The molecule has 4 aromatic rings. The Morgan fingerprint density at radius 2 is 1.06 bits per heavy atom. The van der Waals surface area contributed by atoms with E-state index in [4.69, 9.17) is 0 Å². The molecule has 0 bridgehead atoms. The molecule has 6 heteroatoms. The van der Waals surface area contributed by atoms with Crippen molar-refractivity contribution in [1.29, 1.82) is 0 Å². The van der Waals surface area contributed by atoms with E-state index in [-0.39, 0.29) is 24.4 Å². The number of benzene rings is 3. The molecular formula is C27H20F3NO2. The molecule has 0 radical (unpaired) electrons. The zero-order valence-electron chi connectivity index (χ0n) is 17.5. The minimum Gasteiger partial charge on any atom is -0.323 e. The van der Waals surface area contributed by atoms with Crippen molar-refractivity contribution >= 4 is 11.6 Å². The summed E-state index contributed by atoms with van der Waals surface area (Å²) in [7, 11) is 0. The number of nitrogens with zero attached hydrogens (tertiary/aromatic N) is 1. The summed E-state index contributed by atoms with van der Waals surface area (Å²) in [5, 5.41) is 0. The normalized spacial score (nSPS) is 11.4. The molecule has 0 N–H and O–H groups in total. The van der Waals surface area contributed by atoms with Gasteiger partial charge >= 0.3 is 6.18 Å². The predicted molar refractivity (Wildman–Crippen MR) is 120 cm³/mol. The molecule has 0 aliphatic heterocycles. The van der Waals surface area contributed by atoms with Crippen LogP contribution >= 0.6 is 0 Å². The van der Waals surface area contributed by atoms with Crippen molar-refractivity contribution in [3.05, 3.63) is 125 Å². The van der Waals surface area contributed by atoms with E-state index in [1.807, 2.05) is 12.1 Å². The minimum absolute atomic E-state index is 0.0784. The Morgan fingerprint density at radius 3 is 1.45 bits per heavy atom. The molecule has 0 atom stereocenters. The minimum atomic E-state index is -4.42. The van der Waals surface area contributed by atoms with Crippen LogP contribution in [0.15, 0.2) is 97.3 Å². The van der Waals surface area contributed by atoms with Crippen LogP contribution in [0.2, 0.25) is 0 Å². The number of hydrogen-bond acceptors (Lipinski definition) is 2. The third-order valence-corrected chi connectivity index (χ3v) is 5.39. The van der Waals surface area contributed by atoms with Crippen molar-refractivity contribution in [3.63, 3.8) is 0 Å². The lowest BCUT2D eigenvalue weighted by Crippen LogP contribution is -2.08. The van der Waals surface area contributed by atoms with Crippen LogP contribution in [0.25, 0.3) is 5.69 Å². The third kappa shape index (κ3) is 5.29. The third-order valence-electron chi connectivity index (χ3n) is 5.39. The van der Waals surface area contributed by atoms with E-state index >= 15 is 0 Å². The SMILES string of the molecule is O=C(Cc1cn(-c2ccc(C(F)(F)F)cc2)cc1CC(=O)c1ccccc1)c1ccccc1. The zero-order chi connectivity index (χ0) is 23.4. The molecule has 0 fully saturated rings. The fourth-order valence-electron chi connectivity index (χ4n) is 3.63. The van der Waals surface area contributed by atoms with Crippen LogP contribution in [0, 0.1) is 0 Å². The molecule has 0 aliphatic carbocycles. The second-order valence-corrected chi connectivity index (χ2v) is 7.69. The van der Waals surface area contributed by atoms with Gasteiger partial charge in [0, 0.05) is 42.0 Å². The monoisotopic (exact) mass is 447 g/mol. The average molecular weight is 447 g/mol. The first-order valence-electron chi connectivity index (χ1n) is 10.3. The number of hydrogen-bond donors (Lipinski definition) is 0. The first kappa shape index (κ1) is 22.3. The number of aromatic nitrogens is 1. The molecule has 0 spiro atoms. The van der Waals surface area contributed by atoms with Crippen molar-refractivity contribution < 1.29 is 22.8 Å². The number of alkyl halides is 3. The van der Waals surface area contributed by atoms with Crippen molar-refractivity contribution in [2.75, 3.05) is 0 Å². The summed E-state index contributed by atoms with van der Waals surface area (Å²) >= 11 is 0. The van der Waals surface area contributed by atoms with Gasteiger partial charge in [-0.1, -0.05) is 60.7 Å². The molecule has 1 heterocycles. The Labute approximate surface area is 189 Å². The Kier molecular flexibility index (Phi) is 6.27. The van der Waals surface area contributed by atoms with Crippen molar-refractivity contribution in [3.8, 4) is 5.69 Å². The summed E-state index contributed by atoms with van der Waals surface area (Å²) in [6, 6.07) is 22.4. The molecule has 0 saturated carbocycles. The number of halogens is 3. The van der Waals surface area contributed by atoms with Crippen LogP contribution in [0.1, 0.15) is 37.4 Å². The number of Topliss-reactive ketones (excluding diaryl/α,β-unsaturated/α-hetero) is 2. The summed E-state index contributed by atoms with van der Waals surface area (Å²) in [5.41, 5.74) is 2.20. The van der Waals surface area contributed by atoms with E-state index in [2.05, 4.69) is 0 Å². The summed E-state index contributed by atoms with van der Waals surface area (Å²) in [4.78, 5) is 25.6. The van der Waals surface area contributed by atoms with Crippen molar-refractivity contribution in [2.24, 2.45) is 0 Å². The van der Waals surface area contributed by atoms with E-state index in [1.165, 1.54) is 12.1 Å². The van der Waals surface area contributed by atoms with Gasteiger partial charge in [-0.3, -0.25) is 9.59 Å². The summed E-state index contributed by atoms with van der Waals surface area (Å²) in [6.07, 6.45) is -0.853. The van der Waals surface area contributed by atoms with Gasteiger partial charge in [-0.15, -0.1) is 0 Å². The maximum absolute atomic E-state index is 12.9. The average Bonchev–Trinajstić information content (AvgIpc) is 3.21. The maximum Gasteiger partial charge on any atom is 0.416 e. The molecule has 33 heavy (non-hydrogen) atoms. The van der Waals surface area contributed by atoms with Crippen LogP contribution in [0.4, 0.5) is 13.2 Å².